The van der Waals surface area contributed by atoms with Gasteiger partial charge in [0.05, 0.1) is 6.20 Å². The number of unbranched alkanes of at least 4 members (excludes halogenated alkanes) is 5. The van der Waals surface area contributed by atoms with E-state index in [-0.39, 0.29) is 0 Å². The molecule has 0 spiro atoms. The van der Waals surface area contributed by atoms with Crippen LogP contribution in [0.5, 0.6) is 0 Å². The first kappa shape index (κ1) is 16.2. The van der Waals surface area contributed by atoms with Crippen molar-refractivity contribution in [3.05, 3.63) is 36.5 Å². The zero-order valence-electron chi connectivity index (χ0n) is 12.8. The van der Waals surface area contributed by atoms with Gasteiger partial charge in [0.1, 0.15) is 5.69 Å². The van der Waals surface area contributed by atoms with Gasteiger partial charge < -0.3 is 5.11 Å². The number of nitrogens with zero attached hydrogens (tertiary/aromatic N) is 3. The molecule has 0 aliphatic heterocycles. The SMILES string of the molecule is O=C(O)CCCCCCCCn1cc(-c2ccccc2)nn1. The molecule has 2 rings (SSSR count). The van der Waals surface area contributed by atoms with Crippen LogP contribution in [0.4, 0.5) is 0 Å². The van der Waals surface area contributed by atoms with E-state index in [2.05, 4.69) is 10.3 Å². The fourth-order valence-corrected chi connectivity index (χ4v) is 2.41. The fourth-order valence-electron chi connectivity index (χ4n) is 2.41. The molecule has 1 N–H and O–H groups in total. The van der Waals surface area contributed by atoms with Crippen LogP contribution in [0.15, 0.2) is 36.5 Å². The third-order valence-electron chi connectivity index (χ3n) is 3.64. The molecule has 0 radical (unpaired) electrons. The average Bonchev–Trinajstić information content (AvgIpc) is 2.99. The number of aliphatic carboxylic acids is 1. The highest BCUT2D eigenvalue weighted by Gasteiger charge is 2.03. The topological polar surface area (TPSA) is 68.0 Å². The summed E-state index contributed by atoms with van der Waals surface area (Å²) < 4.78 is 1.90. The van der Waals surface area contributed by atoms with E-state index in [0.29, 0.717) is 6.42 Å². The third kappa shape index (κ3) is 5.68. The lowest BCUT2D eigenvalue weighted by molar-refractivity contribution is -0.137. The molecule has 1 heterocycles. The molecule has 0 fully saturated rings. The van der Waals surface area contributed by atoms with E-state index in [0.717, 1.165) is 56.3 Å². The molecule has 1 aromatic heterocycles. The van der Waals surface area contributed by atoms with Crippen molar-refractivity contribution in [3.63, 3.8) is 0 Å². The monoisotopic (exact) mass is 301 g/mol. The zero-order chi connectivity index (χ0) is 15.6. The van der Waals surface area contributed by atoms with Crippen molar-refractivity contribution in [2.45, 2.75) is 51.5 Å². The number of rotatable bonds is 10. The van der Waals surface area contributed by atoms with Crippen LogP contribution < -0.4 is 0 Å². The summed E-state index contributed by atoms with van der Waals surface area (Å²) in [6.07, 6.45) is 8.57. The van der Waals surface area contributed by atoms with Crippen molar-refractivity contribution in [3.8, 4) is 11.3 Å². The molecular formula is C17H23N3O2. The summed E-state index contributed by atoms with van der Waals surface area (Å²) in [5.41, 5.74) is 2.00. The van der Waals surface area contributed by atoms with E-state index in [1.165, 1.54) is 0 Å². The zero-order valence-corrected chi connectivity index (χ0v) is 12.8. The van der Waals surface area contributed by atoms with Gasteiger partial charge in [-0.25, -0.2) is 0 Å². The minimum absolute atomic E-state index is 0.293. The lowest BCUT2D eigenvalue weighted by Crippen LogP contribution is -1.98. The second kappa shape index (κ2) is 8.97. The summed E-state index contributed by atoms with van der Waals surface area (Å²) in [5.74, 6) is -0.694. The van der Waals surface area contributed by atoms with Crippen molar-refractivity contribution >= 4 is 5.97 Å². The first-order valence-corrected chi connectivity index (χ1v) is 7.93. The number of benzene rings is 1. The van der Waals surface area contributed by atoms with E-state index in [1.54, 1.807) is 0 Å². The first-order valence-electron chi connectivity index (χ1n) is 7.93. The van der Waals surface area contributed by atoms with Gasteiger partial charge in [-0.05, 0) is 12.8 Å². The van der Waals surface area contributed by atoms with Crippen molar-refractivity contribution in [1.82, 2.24) is 15.0 Å². The van der Waals surface area contributed by atoms with E-state index in [9.17, 15) is 4.79 Å². The predicted molar refractivity (Wildman–Crippen MR) is 85.4 cm³/mol. The van der Waals surface area contributed by atoms with Crippen LogP contribution in [0.2, 0.25) is 0 Å². The number of hydrogen-bond donors (Lipinski definition) is 1. The number of carboxylic acid groups (broad SMARTS) is 1. The molecule has 0 aliphatic carbocycles. The number of aryl methyl sites for hydroxylation is 1. The van der Waals surface area contributed by atoms with Crippen LogP contribution in [0.1, 0.15) is 44.9 Å². The molecular weight excluding hydrogens is 278 g/mol. The molecule has 2 aromatic rings. The van der Waals surface area contributed by atoms with Crippen molar-refractivity contribution in [2.24, 2.45) is 0 Å². The molecule has 0 saturated carbocycles. The first-order chi connectivity index (χ1) is 10.8. The van der Waals surface area contributed by atoms with Gasteiger partial charge in [-0.3, -0.25) is 9.48 Å². The third-order valence-corrected chi connectivity index (χ3v) is 3.64. The quantitative estimate of drug-likeness (QED) is 0.678. The van der Waals surface area contributed by atoms with E-state index < -0.39 is 5.97 Å². The molecule has 0 aliphatic rings. The second-order valence-corrected chi connectivity index (χ2v) is 5.50. The Morgan fingerprint density at radius 3 is 2.41 bits per heavy atom. The summed E-state index contributed by atoms with van der Waals surface area (Å²) in [4.78, 5) is 10.4. The highest BCUT2D eigenvalue weighted by atomic mass is 16.4. The van der Waals surface area contributed by atoms with Crippen LogP contribution in [0, 0.1) is 0 Å². The molecule has 0 saturated heterocycles. The second-order valence-electron chi connectivity index (χ2n) is 5.50. The summed E-state index contributed by atoms with van der Waals surface area (Å²) in [6, 6.07) is 10.1. The highest BCUT2D eigenvalue weighted by Crippen LogP contribution is 2.15. The van der Waals surface area contributed by atoms with Crippen LogP contribution in [0.3, 0.4) is 0 Å². The predicted octanol–water partition coefficient (Wildman–Crippen LogP) is 3.76. The number of carbonyl (C=O) groups is 1. The van der Waals surface area contributed by atoms with Crippen LogP contribution in [-0.4, -0.2) is 26.1 Å². The van der Waals surface area contributed by atoms with Crippen molar-refractivity contribution in [2.75, 3.05) is 0 Å². The van der Waals surface area contributed by atoms with Gasteiger partial charge in [0.15, 0.2) is 0 Å². The lowest BCUT2D eigenvalue weighted by Gasteiger charge is -2.01. The maximum Gasteiger partial charge on any atom is 0.303 e. The van der Waals surface area contributed by atoms with Crippen LogP contribution in [-0.2, 0) is 11.3 Å². The van der Waals surface area contributed by atoms with E-state index in [1.807, 2.05) is 41.2 Å². The number of aromatic nitrogens is 3. The van der Waals surface area contributed by atoms with Gasteiger partial charge in [0.2, 0.25) is 0 Å². The summed E-state index contributed by atoms with van der Waals surface area (Å²) >= 11 is 0. The minimum atomic E-state index is -0.694. The smallest absolute Gasteiger partial charge is 0.303 e. The molecule has 22 heavy (non-hydrogen) atoms. The Morgan fingerprint density at radius 1 is 1.00 bits per heavy atom. The Hall–Kier alpha value is -2.17. The molecule has 118 valence electrons. The standard InChI is InChI=1S/C17H23N3O2/c21-17(22)12-8-3-1-2-4-9-13-20-14-16(18-19-20)15-10-6-5-7-11-15/h5-7,10-11,14H,1-4,8-9,12-13H2,(H,21,22). The van der Waals surface area contributed by atoms with Gasteiger partial charge >= 0.3 is 5.97 Å². The Balaban J connectivity index is 1.60. The van der Waals surface area contributed by atoms with E-state index >= 15 is 0 Å². The molecule has 0 bridgehead atoms. The Morgan fingerprint density at radius 2 is 1.68 bits per heavy atom. The van der Waals surface area contributed by atoms with Crippen molar-refractivity contribution < 1.29 is 9.90 Å². The Bertz CT molecular complexity index is 566. The van der Waals surface area contributed by atoms with E-state index in [4.69, 9.17) is 5.11 Å². The van der Waals surface area contributed by atoms with Gasteiger partial charge in [-0.15, -0.1) is 5.10 Å². The summed E-state index contributed by atoms with van der Waals surface area (Å²) in [7, 11) is 0. The van der Waals surface area contributed by atoms with Gasteiger partial charge in [0.25, 0.3) is 0 Å². The van der Waals surface area contributed by atoms with Gasteiger partial charge in [-0.2, -0.15) is 0 Å². The summed E-state index contributed by atoms with van der Waals surface area (Å²) in [6.45, 7) is 0.884. The Labute approximate surface area is 131 Å². The highest BCUT2D eigenvalue weighted by molar-refractivity contribution is 5.66. The number of hydrogen-bond acceptors (Lipinski definition) is 3. The normalized spacial score (nSPS) is 10.7. The van der Waals surface area contributed by atoms with Crippen LogP contribution in [0.25, 0.3) is 11.3 Å². The van der Waals surface area contributed by atoms with Crippen LogP contribution >= 0.6 is 0 Å². The maximum absolute atomic E-state index is 10.4. The molecule has 0 atom stereocenters. The number of carboxylic acids is 1. The molecule has 5 heteroatoms. The minimum Gasteiger partial charge on any atom is -0.481 e. The largest absolute Gasteiger partial charge is 0.481 e. The molecule has 5 nitrogen and oxygen atoms in total. The fraction of sp³-hybridized carbons (Fsp3) is 0.471. The molecule has 1 aromatic carbocycles. The van der Waals surface area contributed by atoms with Crippen molar-refractivity contribution in [1.29, 1.82) is 0 Å². The molecule has 0 amide bonds. The lowest BCUT2D eigenvalue weighted by atomic mass is 10.1. The maximum atomic E-state index is 10.4. The average molecular weight is 301 g/mol. The van der Waals surface area contributed by atoms with Gasteiger partial charge in [0, 0.05) is 18.5 Å². The Kier molecular flexibility index (Phi) is 6.61. The molecule has 0 unspecified atom stereocenters. The summed E-state index contributed by atoms with van der Waals surface area (Å²) in [5, 5.41) is 16.9. The van der Waals surface area contributed by atoms with Gasteiger partial charge in [-0.1, -0.05) is 61.2 Å².